The summed E-state index contributed by atoms with van der Waals surface area (Å²) < 4.78 is 5.45. The predicted molar refractivity (Wildman–Crippen MR) is 54.2 cm³/mol. The number of hydrogen-bond acceptors (Lipinski definition) is 3. The highest BCUT2D eigenvalue weighted by Gasteiger charge is 2.20. The van der Waals surface area contributed by atoms with Crippen molar-refractivity contribution in [2.24, 2.45) is 5.73 Å². The third-order valence-electron chi connectivity index (χ3n) is 2.55. The van der Waals surface area contributed by atoms with Crippen molar-refractivity contribution in [2.75, 3.05) is 6.61 Å². The molecule has 3 rings (SSSR count). The van der Waals surface area contributed by atoms with E-state index >= 15 is 0 Å². The Morgan fingerprint density at radius 3 is 3.29 bits per heavy atom. The molecule has 3 heteroatoms. The van der Waals surface area contributed by atoms with Crippen LogP contribution in [0.2, 0.25) is 0 Å². The average Bonchev–Trinajstić information content (AvgIpc) is 2.57. The monoisotopic (exact) mass is 186 g/mol. The van der Waals surface area contributed by atoms with E-state index in [2.05, 4.69) is 11.1 Å². The van der Waals surface area contributed by atoms with Crippen molar-refractivity contribution in [1.82, 2.24) is 4.98 Å². The van der Waals surface area contributed by atoms with Crippen LogP contribution in [0.3, 0.4) is 0 Å². The smallest absolute Gasteiger partial charge is 0.126 e. The van der Waals surface area contributed by atoms with Crippen LogP contribution in [0.15, 0.2) is 30.5 Å². The molecule has 1 aromatic heterocycles. The molecule has 1 aromatic carbocycles. The molecule has 1 aliphatic rings. The maximum absolute atomic E-state index is 5.89. The van der Waals surface area contributed by atoms with Gasteiger partial charge in [0.1, 0.15) is 12.4 Å². The summed E-state index contributed by atoms with van der Waals surface area (Å²) in [6, 6.07) is 7.99. The first-order valence-electron chi connectivity index (χ1n) is 4.61. The van der Waals surface area contributed by atoms with Crippen LogP contribution in [0.5, 0.6) is 5.75 Å². The molecule has 0 amide bonds. The zero-order chi connectivity index (χ0) is 9.54. The molecule has 3 nitrogen and oxygen atoms in total. The number of nitrogens with zero attached hydrogens (tertiary/aromatic N) is 1. The summed E-state index contributed by atoms with van der Waals surface area (Å²) in [5.74, 6) is 0.878. The Morgan fingerprint density at radius 2 is 2.36 bits per heavy atom. The summed E-state index contributed by atoms with van der Waals surface area (Å²) in [7, 11) is 0. The molecule has 0 bridgehead atoms. The molecule has 0 spiro atoms. The van der Waals surface area contributed by atoms with E-state index < -0.39 is 0 Å². The Bertz CT molecular complexity index is 496. The van der Waals surface area contributed by atoms with Gasteiger partial charge < -0.3 is 10.5 Å². The maximum Gasteiger partial charge on any atom is 0.126 e. The highest BCUT2D eigenvalue weighted by atomic mass is 16.5. The molecule has 2 N–H and O–H groups in total. The molecule has 0 fully saturated rings. The summed E-state index contributed by atoms with van der Waals surface area (Å²) in [6.07, 6.45) is 1.78. The van der Waals surface area contributed by atoms with Crippen molar-refractivity contribution >= 4 is 10.9 Å². The number of nitrogens with two attached hydrogens (primary N) is 1. The number of fused-ring (bicyclic) bond motifs is 2. The van der Waals surface area contributed by atoms with Crippen molar-refractivity contribution in [3.63, 3.8) is 0 Å². The second-order valence-corrected chi connectivity index (χ2v) is 3.50. The van der Waals surface area contributed by atoms with Crippen LogP contribution >= 0.6 is 0 Å². The Morgan fingerprint density at radius 1 is 1.43 bits per heavy atom. The van der Waals surface area contributed by atoms with Crippen LogP contribution in [0.1, 0.15) is 11.6 Å². The highest BCUT2D eigenvalue weighted by molar-refractivity contribution is 5.81. The Hall–Kier alpha value is -1.61. The van der Waals surface area contributed by atoms with Crippen LogP contribution in [0.25, 0.3) is 10.9 Å². The van der Waals surface area contributed by atoms with E-state index in [1.807, 2.05) is 18.2 Å². The Labute approximate surface area is 81.5 Å². The first kappa shape index (κ1) is 7.76. The molecule has 70 valence electrons. The van der Waals surface area contributed by atoms with Crippen LogP contribution in [0.4, 0.5) is 0 Å². The third-order valence-corrected chi connectivity index (χ3v) is 2.55. The summed E-state index contributed by atoms with van der Waals surface area (Å²) in [6.45, 7) is 0.575. The molecule has 1 aliphatic heterocycles. The van der Waals surface area contributed by atoms with Gasteiger partial charge in [0.25, 0.3) is 0 Å². The standard InChI is InChI=1S/C11H10N2O/c12-9-6-14-11-5-10-7(4-8(9)11)2-1-3-13-10/h1-5,9H,6,12H2/t9-/m1/s1. The molecule has 1 atom stereocenters. The van der Waals surface area contributed by atoms with Crippen molar-refractivity contribution in [1.29, 1.82) is 0 Å². The van der Waals surface area contributed by atoms with Gasteiger partial charge in [0.2, 0.25) is 0 Å². The molecule has 0 saturated carbocycles. The van der Waals surface area contributed by atoms with Crippen LogP contribution in [-0.4, -0.2) is 11.6 Å². The second-order valence-electron chi connectivity index (χ2n) is 3.50. The van der Waals surface area contributed by atoms with E-state index in [9.17, 15) is 0 Å². The number of benzene rings is 1. The molecular formula is C11H10N2O. The zero-order valence-corrected chi connectivity index (χ0v) is 7.60. The van der Waals surface area contributed by atoms with E-state index in [0.717, 1.165) is 22.2 Å². The van der Waals surface area contributed by atoms with Crippen molar-refractivity contribution in [3.8, 4) is 5.75 Å². The van der Waals surface area contributed by atoms with Crippen LogP contribution in [0, 0.1) is 0 Å². The van der Waals surface area contributed by atoms with E-state index in [-0.39, 0.29) is 6.04 Å². The van der Waals surface area contributed by atoms with Crippen molar-refractivity contribution in [3.05, 3.63) is 36.0 Å². The SMILES string of the molecule is N[C@@H]1COc2cc3ncccc3cc21. The van der Waals surface area contributed by atoms with Gasteiger partial charge in [0, 0.05) is 23.2 Å². The van der Waals surface area contributed by atoms with E-state index in [1.165, 1.54) is 0 Å². The van der Waals surface area contributed by atoms with E-state index in [4.69, 9.17) is 10.5 Å². The molecule has 0 unspecified atom stereocenters. The molecule has 0 aliphatic carbocycles. The van der Waals surface area contributed by atoms with E-state index in [1.54, 1.807) is 6.20 Å². The number of pyridine rings is 1. The number of ether oxygens (including phenoxy) is 1. The normalized spacial score (nSPS) is 19.4. The van der Waals surface area contributed by atoms with Gasteiger partial charge >= 0.3 is 0 Å². The lowest BCUT2D eigenvalue weighted by molar-refractivity contribution is 0.333. The first-order valence-corrected chi connectivity index (χ1v) is 4.61. The third kappa shape index (κ3) is 0.992. The van der Waals surface area contributed by atoms with Crippen LogP contribution < -0.4 is 10.5 Å². The summed E-state index contributed by atoms with van der Waals surface area (Å²) in [5.41, 5.74) is 7.94. The minimum Gasteiger partial charge on any atom is -0.491 e. The van der Waals surface area contributed by atoms with Gasteiger partial charge in [0.15, 0.2) is 0 Å². The predicted octanol–water partition coefficient (Wildman–Crippen LogP) is 1.63. The lowest BCUT2D eigenvalue weighted by atomic mass is 10.1. The average molecular weight is 186 g/mol. The van der Waals surface area contributed by atoms with Gasteiger partial charge in [-0.05, 0) is 12.1 Å². The van der Waals surface area contributed by atoms with Crippen LogP contribution in [-0.2, 0) is 0 Å². The summed E-state index contributed by atoms with van der Waals surface area (Å²) in [4.78, 5) is 4.26. The number of hydrogen-bond donors (Lipinski definition) is 1. The Kier molecular flexibility index (Phi) is 1.49. The molecule has 2 heterocycles. The van der Waals surface area contributed by atoms with Crippen molar-refractivity contribution in [2.45, 2.75) is 6.04 Å². The van der Waals surface area contributed by atoms with Gasteiger partial charge in [-0.1, -0.05) is 6.07 Å². The van der Waals surface area contributed by atoms with Gasteiger partial charge in [-0.25, -0.2) is 0 Å². The number of rotatable bonds is 0. The lowest BCUT2D eigenvalue weighted by Gasteiger charge is -2.02. The maximum atomic E-state index is 5.89. The van der Waals surface area contributed by atoms with Gasteiger partial charge in [-0.3, -0.25) is 4.98 Å². The van der Waals surface area contributed by atoms with Crippen molar-refractivity contribution < 1.29 is 4.74 Å². The fourth-order valence-electron chi connectivity index (χ4n) is 1.80. The first-order chi connectivity index (χ1) is 6.84. The molecule has 2 aromatic rings. The second kappa shape index (κ2) is 2.69. The highest BCUT2D eigenvalue weighted by Crippen LogP contribution is 2.33. The fraction of sp³-hybridized carbons (Fsp3) is 0.182. The molecule has 0 radical (unpaired) electrons. The molecule has 0 saturated heterocycles. The zero-order valence-electron chi connectivity index (χ0n) is 7.60. The van der Waals surface area contributed by atoms with Gasteiger partial charge in [0.05, 0.1) is 11.6 Å². The Balaban J connectivity index is 2.33. The largest absolute Gasteiger partial charge is 0.491 e. The quantitative estimate of drug-likeness (QED) is 0.680. The van der Waals surface area contributed by atoms with Gasteiger partial charge in [-0.15, -0.1) is 0 Å². The molecular weight excluding hydrogens is 176 g/mol. The minimum atomic E-state index is 0.00889. The fourth-order valence-corrected chi connectivity index (χ4v) is 1.80. The minimum absolute atomic E-state index is 0.00889. The lowest BCUT2D eigenvalue weighted by Crippen LogP contribution is -2.10. The summed E-state index contributed by atoms with van der Waals surface area (Å²) in [5, 5.41) is 1.12. The number of aromatic nitrogens is 1. The molecule has 14 heavy (non-hydrogen) atoms. The topological polar surface area (TPSA) is 48.1 Å². The van der Waals surface area contributed by atoms with E-state index in [0.29, 0.717) is 6.61 Å². The summed E-state index contributed by atoms with van der Waals surface area (Å²) >= 11 is 0. The van der Waals surface area contributed by atoms with Gasteiger partial charge in [-0.2, -0.15) is 0 Å².